The zero-order valence-corrected chi connectivity index (χ0v) is 9.67. The van der Waals surface area contributed by atoms with E-state index in [0.717, 1.165) is 18.2 Å². The van der Waals surface area contributed by atoms with Gasteiger partial charge in [0, 0.05) is 6.07 Å². The second-order valence-electron chi connectivity index (χ2n) is 3.70. The number of benzene rings is 2. The Labute approximate surface area is 108 Å². The molecule has 0 aliphatic rings. The zero-order chi connectivity index (χ0) is 13.8. The van der Waals surface area contributed by atoms with Gasteiger partial charge in [-0.25, -0.2) is 14.0 Å². The van der Waals surface area contributed by atoms with E-state index in [0.29, 0.717) is 0 Å². The number of halogens is 1. The minimum atomic E-state index is -1.30. The Morgan fingerprint density at radius 1 is 1.05 bits per heavy atom. The first-order valence-corrected chi connectivity index (χ1v) is 5.38. The third-order valence-electron chi connectivity index (χ3n) is 2.39. The quantitative estimate of drug-likeness (QED) is 0.680. The van der Waals surface area contributed by atoms with Crippen molar-refractivity contribution in [2.45, 2.75) is 0 Å². The Kier molecular flexibility index (Phi) is 3.56. The van der Waals surface area contributed by atoms with E-state index >= 15 is 0 Å². The summed E-state index contributed by atoms with van der Waals surface area (Å²) in [6.45, 7) is 0. The van der Waals surface area contributed by atoms with Gasteiger partial charge in [-0.15, -0.1) is 0 Å². The Bertz CT molecular complexity index is 623. The molecule has 2 aromatic rings. The molecule has 0 saturated heterocycles. The van der Waals surface area contributed by atoms with E-state index in [1.807, 2.05) is 0 Å². The topological polar surface area (TPSA) is 63.6 Å². The molecule has 0 amide bonds. The van der Waals surface area contributed by atoms with Gasteiger partial charge in [-0.1, -0.05) is 18.2 Å². The van der Waals surface area contributed by atoms with Crippen molar-refractivity contribution in [1.29, 1.82) is 0 Å². The summed E-state index contributed by atoms with van der Waals surface area (Å²) in [4.78, 5) is 22.7. The maximum atomic E-state index is 13.1. The summed E-state index contributed by atoms with van der Waals surface area (Å²) >= 11 is 0. The van der Waals surface area contributed by atoms with Crippen LogP contribution in [0, 0.1) is 5.82 Å². The van der Waals surface area contributed by atoms with E-state index in [2.05, 4.69) is 0 Å². The fourth-order valence-electron chi connectivity index (χ4n) is 1.49. The highest BCUT2D eigenvalue weighted by molar-refractivity contribution is 5.95. The predicted molar refractivity (Wildman–Crippen MR) is 64.8 cm³/mol. The minimum absolute atomic E-state index is 0.253. The van der Waals surface area contributed by atoms with Gasteiger partial charge < -0.3 is 9.84 Å². The number of hydrogen-bond donors (Lipinski definition) is 1. The first kappa shape index (κ1) is 12.8. The number of esters is 1. The van der Waals surface area contributed by atoms with Crippen LogP contribution in [-0.2, 0) is 0 Å². The summed E-state index contributed by atoms with van der Waals surface area (Å²) in [5, 5.41) is 8.93. The van der Waals surface area contributed by atoms with Crippen LogP contribution in [0.25, 0.3) is 0 Å². The summed E-state index contributed by atoms with van der Waals surface area (Å²) in [7, 11) is 0. The number of carboxylic acid groups (broad SMARTS) is 1. The molecule has 0 fully saturated rings. The molecule has 0 aromatic heterocycles. The lowest BCUT2D eigenvalue weighted by atomic mass is 10.2. The lowest BCUT2D eigenvalue weighted by molar-refractivity contribution is 0.0681. The molecule has 0 saturated carbocycles. The number of carbonyl (C=O) groups excluding carboxylic acids is 1. The van der Waals surface area contributed by atoms with Gasteiger partial charge in [0.2, 0.25) is 0 Å². The van der Waals surface area contributed by atoms with Gasteiger partial charge in [-0.3, -0.25) is 0 Å². The highest BCUT2D eigenvalue weighted by Crippen LogP contribution is 2.21. The van der Waals surface area contributed by atoms with Crippen LogP contribution in [0.1, 0.15) is 20.7 Å². The molecule has 0 bridgehead atoms. The Balaban J connectivity index is 2.31. The minimum Gasteiger partial charge on any atom is -0.478 e. The number of carbonyl (C=O) groups is 2. The van der Waals surface area contributed by atoms with E-state index in [9.17, 15) is 14.0 Å². The van der Waals surface area contributed by atoms with Gasteiger partial charge in [0.05, 0.1) is 5.56 Å². The predicted octanol–water partition coefficient (Wildman–Crippen LogP) is 2.74. The summed E-state index contributed by atoms with van der Waals surface area (Å²) < 4.78 is 18.0. The second kappa shape index (κ2) is 5.30. The van der Waals surface area contributed by atoms with Gasteiger partial charge >= 0.3 is 11.9 Å². The number of hydrogen-bond acceptors (Lipinski definition) is 3. The molecular formula is C14H9FO4. The van der Waals surface area contributed by atoms with E-state index in [4.69, 9.17) is 9.84 Å². The molecule has 0 aliphatic carbocycles. The Morgan fingerprint density at radius 2 is 1.74 bits per heavy atom. The Hall–Kier alpha value is -2.69. The van der Waals surface area contributed by atoms with Crippen molar-refractivity contribution in [3.8, 4) is 5.75 Å². The summed E-state index contributed by atoms with van der Waals surface area (Å²) in [5.41, 5.74) is -0.0196. The zero-order valence-electron chi connectivity index (χ0n) is 9.67. The van der Waals surface area contributed by atoms with E-state index in [1.165, 1.54) is 12.1 Å². The van der Waals surface area contributed by atoms with Crippen LogP contribution < -0.4 is 4.74 Å². The number of carboxylic acids is 1. The van der Waals surface area contributed by atoms with Crippen molar-refractivity contribution in [2.75, 3.05) is 0 Å². The fraction of sp³-hybridized carbons (Fsp3) is 0. The van der Waals surface area contributed by atoms with E-state index in [1.54, 1.807) is 18.2 Å². The molecule has 4 nitrogen and oxygen atoms in total. The lowest BCUT2D eigenvalue weighted by Gasteiger charge is -2.07. The van der Waals surface area contributed by atoms with Gasteiger partial charge in [0.1, 0.15) is 17.1 Å². The van der Waals surface area contributed by atoms with E-state index < -0.39 is 17.8 Å². The smallest absolute Gasteiger partial charge is 0.343 e. The van der Waals surface area contributed by atoms with Crippen LogP contribution in [0.2, 0.25) is 0 Å². The molecule has 96 valence electrons. The Morgan fingerprint density at radius 3 is 2.37 bits per heavy atom. The average Bonchev–Trinajstić information content (AvgIpc) is 2.39. The molecule has 0 spiro atoms. The second-order valence-corrected chi connectivity index (χ2v) is 3.70. The van der Waals surface area contributed by atoms with Gasteiger partial charge in [0.25, 0.3) is 0 Å². The van der Waals surface area contributed by atoms with Crippen molar-refractivity contribution < 1.29 is 23.8 Å². The molecule has 0 radical (unpaired) electrons. The standard InChI is InChI=1S/C14H9FO4/c15-10-6-7-11(13(16)17)12(8-10)19-14(18)9-4-2-1-3-5-9/h1-8H,(H,16,17). The number of aromatic carboxylic acids is 1. The van der Waals surface area contributed by atoms with Crippen molar-refractivity contribution in [3.05, 3.63) is 65.5 Å². The van der Waals surface area contributed by atoms with Crippen LogP contribution in [0.3, 0.4) is 0 Å². The normalized spacial score (nSPS) is 9.95. The molecule has 2 aromatic carbocycles. The van der Waals surface area contributed by atoms with Crippen molar-refractivity contribution in [2.24, 2.45) is 0 Å². The summed E-state index contributed by atoms with van der Waals surface area (Å²) in [6, 6.07) is 10.9. The summed E-state index contributed by atoms with van der Waals surface area (Å²) in [5.74, 6) is -3.04. The number of rotatable bonds is 3. The summed E-state index contributed by atoms with van der Waals surface area (Å²) in [6.07, 6.45) is 0. The molecule has 5 heteroatoms. The molecular weight excluding hydrogens is 251 g/mol. The van der Waals surface area contributed by atoms with Crippen LogP contribution in [-0.4, -0.2) is 17.0 Å². The molecule has 19 heavy (non-hydrogen) atoms. The van der Waals surface area contributed by atoms with E-state index in [-0.39, 0.29) is 16.9 Å². The molecule has 0 unspecified atom stereocenters. The molecule has 0 aliphatic heterocycles. The third-order valence-corrected chi connectivity index (χ3v) is 2.39. The highest BCUT2D eigenvalue weighted by Gasteiger charge is 2.16. The van der Waals surface area contributed by atoms with Crippen LogP contribution in [0.4, 0.5) is 4.39 Å². The first-order valence-electron chi connectivity index (χ1n) is 5.38. The number of ether oxygens (including phenoxy) is 1. The maximum Gasteiger partial charge on any atom is 0.343 e. The fourth-order valence-corrected chi connectivity index (χ4v) is 1.49. The molecule has 0 atom stereocenters. The first-order chi connectivity index (χ1) is 9.08. The molecule has 2 rings (SSSR count). The van der Waals surface area contributed by atoms with Crippen molar-refractivity contribution in [1.82, 2.24) is 0 Å². The van der Waals surface area contributed by atoms with Gasteiger partial charge in [-0.2, -0.15) is 0 Å². The van der Waals surface area contributed by atoms with Crippen LogP contribution >= 0.6 is 0 Å². The van der Waals surface area contributed by atoms with Crippen molar-refractivity contribution >= 4 is 11.9 Å². The largest absolute Gasteiger partial charge is 0.478 e. The SMILES string of the molecule is O=C(Oc1cc(F)ccc1C(=O)O)c1ccccc1. The highest BCUT2D eigenvalue weighted by atomic mass is 19.1. The third kappa shape index (κ3) is 2.95. The van der Waals surface area contributed by atoms with Gasteiger partial charge in [-0.05, 0) is 24.3 Å². The molecule has 1 N–H and O–H groups in total. The van der Waals surface area contributed by atoms with Crippen LogP contribution in [0.5, 0.6) is 5.75 Å². The lowest BCUT2D eigenvalue weighted by Crippen LogP contribution is -2.11. The maximum absolute atomic E-state index is 13.1. The molecule has 0 heterocycles. The average molecular weight is 260 g/mol. The van der Waals surface area contributed by atoms with Gasteiger partial charge in [0.15, 0.2) is 0 Å². The van der Waals surface area contributed by atoms with Crippen molar-refractivity contribution in [3.63, 3.8) is 0 Å². The van der Waals surface area contributed by atoms with Crippen LogP contribution in [0.15, 0.2) is 48.5 Å². The monoisotopic (exact) mass is 260 g/mol.